The molecule has 2 aromatic rings. The van der Waals surface area contributed by atoms with Crippen molar-refractivity contribution in [1.29, 1.82) is 0 Å². The molecule has 2 aromatic carbocycles. The summed E-state index contributed by atoms with van der Waals surface area (Å²) in [5, 5.41) is 0. The molecule has 0 radical (unpaired) electrons. The van der Waals surface area contributed by atoms with Crippen LogP contribution in [0, 0.1) is 25.5 Å². The van der Waals surface area contributed by atoms with E-state index in [0.29, 0.717) is 22.9 Å². The molecule has 0 bridgehead atoms. The second-order valence-corrected chi connectivity index (χ2v) is 6.36. The molecule has 0 fully saturated rings. The van der Waals surface area contributed by atoms with E-state index < -0.39 is 21.7 Å². The van der Waals surface area contributed by atoms with Gasteiger partial charge in [0.15, 0.2) is 0 Å². The van der Waals surface area contributed by atoms with Gasteiger partial charge in [-0.3, -0.25) is 4.72 Å². The van der Waals surface area contributed by atoms with Gasteiger partial charge in [0.1, 0.15) is 11.6 Å². The Hall–Kier alpha value is -2.15. The van der Waals surface area contributed by atoms with Crippen LogP contribution in [0.3, 0.4) is 0 Å². The summed E-state index contributed by atoms with van der Waals surface area (Å²) in [5.74, 6) is -1.77. The lowest BCUT2D eigenvalue weighted by atomic mass is 10.1. The van der Waals surface area contributed by atoms with Crippen molar-refractivity contribution in [3.05, 3.63) is 53.1 Å². The first-order valence-electron chi connectivity index (χ1n) is 6.05. The maximum absolute atomic E-state index is 13.6. The largest absolute Gasteiger partial charge is 0.398 e. The molecule has 0 aromatic heterocycles. The molecule has 0 aliphatic heterocycles. The zero-order chi connectivity index (χ0) is 15.8. The summed E-state index contributed by atoms with van der Waals surface area (Å²) in [6.45, 7) is 3.26. The first-order valence-corrected chi connectivity index (χ1v) is 7.53. The van der Waals surface area contributed by atoms with Crippen molar-refractivity contribution in [2.75, 3.05) is 10.5 Å². The third-order valence-electron chi connectivity index (χ3n) is 3.01. The predicted octanol–water partition coefficient (Wildman–Crippen LogP) is 2.96. The second-order valence-electron chi connectivity index (χ2n) is 4.71. The molecule has 0 saturated heterocycles. The summed E-state index contributed by atoms with van der Waals surface area (Å²) in [6, 6.07) is 5.69. The third kappa shape index (κ3) is 3.13. The van der Waals surface area contributed by atoms with Gasteiger partial charge >= 0.3 is 0 Å². The van der Waals surface area contributed by atoms with Gasteiger partial charge in [0.25, 0.3) is 10.0 Å². The number of benzene rings is 2. The summed E-state index contributed by atoms with van der Waals surface area (Å²) < 4.78 is 53.2. The average Bonchev–Trinajstić information content (AvgIpc) is 2.37. The van der Waals surface area contributed by atoms with E-state index >= 15 is 0 Å². The van der Waals surface area contributed by atoms with Crippen LogP contribution in [0.2, 0.25) is 0 Å². The Labute approximate surface area is 121 Å². The van der Waals surface area contributed by atoms with Gasteiger partial charge in [-0.05, 0) is 49.2 Å². The number of hydrogen-bond acceptors (Lipinski definition) is 3. The fourth-order valence-electron chi connectivity index (χ4n) is 1.90. The molecule has 0 atom stereocenters. The lowest BCUT2D eigenvalue weighted by Crippen LogP contribution is -2.16. The van der Waals surface area contributed by atoms with Crippen LogP contribution in [0.1, 0.15) is 11.1 Å². The van der Waals surface area contributed by atoms with Crippen molar-refractivity contribution in [2.45, 2.75) is 18.7 Å². The van der Waals surface area contributed by atoms with E-state index in [1.54, 1.807) is 19.9 Å². The highest BCUT2D eigenvalue weighted by atomic mass is 32.2. The summed E-state index contributed by atoms with van der Waals surface area (Å²) in [4.78, 5) is -0.0382. The van der Waals surface area contributed by atoms with Crippen molar-refractivity contribution in [3.63, 3.8) is 0 Å². The van der Waals surface area contributed by atoms with Crippen molar-refractivity contribution in [3.8, 4) is 0 Å². The molecule has 7 heteroatoms. The maximum atomic E-state index is 13.6. The van der Waals surface area contributed by atoms with Crippen LogP contribution in [0.25, 0.3) is 0 Å². The zero-order valence-corrected chi connectivity index (χ0v) is 12.3. The van der Waals surface area contributed by atoms with Crippen molar-refractivity contribution in [1.82, 2.24) is 0 Å². The monoisotopic (exact) mass is 312 g/mol. The number of sulfonamides is 1. The molecule has 0 spiro atoms. The number of aryl methyl sites for hydroxylation is 1. The van der Waals surface area contributed by atoms with Crippen LogP contribution in [-0.4, -0.2) is 8.42 Å². The molecule has 3 N–H and O–H groups in total. The van der Waals surface area contributed by atoms with Crippen molar-refractivity contribution in [2.24, 2.45) is 0 Å². The Morgan fingerprint density at radius 3 is 2.38 bits per heavy atom. The summed E-state index contributed by atoms with van der Waals surface area (Å²) >= 11 is 0. The smallest absolute Gasteiger partial charge is 0.262 e. The Bertz CT molecular complexity index is 805. The molecule has 21 heavy (non-hydrogen) atoms. The highest BCUT2D eigenvalue weighted by Crippen LogP contribution is 2.26. The van der Waals surface area contributed by atoms with E-state index in [2.05, 4.69) is 4.72 Å². The first-order chi connectivity index (χ1) is 9.70. The van der Waals surface area contributed by atoms with Crippen molar-refractivity contribution >= 4 is 21.4 Å². The van der Waals surface area contributed by atoms with Crippen LogP contribution in [0.15, 0.2) is 35.2 Å². The van der Waals surface area contributed by atoms with Gasteiger partial charge in [-0.2, -0.15) is 0 Å². The van der Waals surface area contributed by atoms with Gasteiger partial charge in [-0.25, -0.2) is 17.2 Å². The van der Waals surface area contributed by atoms with Crippen LogP contribution >= 0.6 is 0 Å². The van der Waals surface area contributed by atoms with E-state index in [0.717, 1.165) is 12.1 Å². The first kappa shape index (κ1) is 15.2. The molecule has 0 aliphatic carbocycles. The van der Waals surface area contributed by atoms with Gasteiger partial charge < -0.3 is 5.73 Å². The van der Waals surface area contributed by atoms with Gasteiger partial charge in [-0.15, -0.1) is 0 Å². The molecule has 0 aliphatic rings. The topological polar surface area (TPSA) is 72.2 Å². The highest BCUT2D eigenvalue weighted by molar-refractivity contribution is 7.92. The molecule has 2 rings (SSSR count). The molecular weight excluding hydrogens is 298 g/mol. The molecule has 0 amide bonds. The second kappa shape index (κ2) is 5.33. The normalized spacial score (nSPS) is 11.4. The Kier molecular flexibility index (Phi) is 3.87. The number of nitrogen functional groups attached to an aromatic ring is 1. The minimum Gasteiger partial charge on any atom is -0.398 e. The number of hydrogen-bond donors (Lipinski definition) is 2. The fourth-order valence-corrected chi connectivity index (χ4v) is 3.33. The zero-order valence-electron chi connectivity index (χ0n) is 11.4. The minimum atomic E-state index is -4.02. The minimum absolute atomic E-state index is 0.0382. The van der Waals surface area contributed by atoms with Gasteiger partial charge in [-0.1, -0.05) is 0 Å². The summed E-state index contributed by atoms with van der Waals surface area (Å²) in [6.07, 6.45) is 0. The van der Waals surface area contributed by atoms with E-state index in [9.17, 15) is 17.2 Å². The number of rotatable bonds is 3. The lowest BCUT2D eigenvalue weighted by Gasteiger charge is -2.13. The molecule has 4 nitrogen and oxygen atoms in total. The van der Waals surface area contributed by atoms with Gasteiger partial charge in [0.2, 0.25) is 0 Å². The number of nitrogens with two attached hydrogens (primary N) is 1. The number of nitrogens with one attached hydrogen (secondary N) is 1. The lowest BCUT2D eigenvalue weighted by molar-refractivity contribution is 0.582. The van der Waals surface area contributed by atoms with E-state index in [4.69, 9.17) is 5.73 Å². The molecule has 0 heterocycles. The van der Waals surface area contributed by atoms with E-state index in [1.807, 2.05) is 0 Å². The predicted molar refractivity (Wildman–Crippen MR) is 77.5 cm³/mol. The molecule has 0 saturated carbocycles. The number of anilines is 2. The van der Waals surface area contributed by atoms with Crippen molar-refractivity contribution < 1.29 is 17.2 Å². The van der Waals surface area contributed by atoms with Crippen LogP contribution in [0.4, 0.5) is 20.2 Å². The Balaban J connectivity index is 2.48. The molecule has 112 valence electrons. The third-order valence-corrected chi connectivity index (χ3v) is 4.50. The van der Waals surface area contributed by atoms with Crippen LogP contribution in [-0.2, 0) is 10.0 Å². The highest BCUT2D eigenvalue weighted by Gasteiger charge is 2.20. The number of halogens is 2. The van der Waals surface area contributed by atoms with E-state index in [1.165, 1.54) is 6.07 Å². The standard InChI is InChI=1S/C14H14F2N2O2S/c1-8-5-12(17)9(2)14(6-8)21(19,20)18-13-4-3-10(15)7-11(13)16/h3-7,18H,17H2,1-2H3. The maximum Gasteiger partial charge on any atom is 0.262 e. The van der Waals surface area contributed by atoms with Gasteiger partial charge in [0, 0.05) is 11.8 Å². The SMILES string of the molecule is Cc1cc(N)c(C)c(S(=O)(=O)Nc2ccc(F)cc2F)c1. The average molecular weight is 312 g/mol. The Morgan fingerprint density at radius 2 is 1.76 bits per heavy atom. The van der Waals surface area contributed by atoms with Crippen LogP contribution in [0.5, 0.6) is 0 Å². The summed E-state index contributed by atoms with van der Waals surface area (Å²) in [7, 11) is -4.02. The molecule has 0 unspecified atom stereocenters. The summed E-state index contributed by atoms with van der Waals surface area (Å²) in [5.41, 5.74) is 6.79. The molecular formula is C14H14F2N2O2S. The van der Waals surface area contributed by atoms with E-state index in [-0.39, 0.29) is 10.6 Å². The fraction of sp³-hybridized carbons (Fsp3) is 0.143. The van der Waals surface area contributed by atoms with Crippen LogP contribution < -0.4 is 10.5 Å². The quantitative estimate of drug-likeness (QED) is 0.856. The van der Waals surface area contributed by atoms with Gasteiger partial charge in [0.05, 0.1) is 10.6 Å². The Morgan fingerprint density at radius 1 is 1.10 bits per heavy atom.